The standard InChI is InChI=1S/C21H27N3/c1-2-8-17(9-3-1)19-12-14-23-20-11-5-7-15-24(21(19)20)16-18-10-4-6-13-22-18/h1-4,6,8-10,13,19-21,23H,5,7,11-12,14-16H2/t19-,20-,21-/m1/s1. The number of nitrogens with one attached hydrogen (secondary N) is 1. The van der Waals surface area contributed by atoms with Crippen LogP contribution in [0.1, 0.15) is 42.9 Å². The first-order valence-corrected chi connectivity index (χ1v) is 9.34. The van der Waals surface area contributed by atoms with Gasteiger partial charge in [0.2, 0.25) is 0 Å². The lowest BCUT2D eigenvalue weighted by Gasteiger charge is -2.44. The topological polar surface area (TPSA) is 28.2 Å². The first kappa shape index (κ1) is 15.8. The van der Waals surface area contributed by atoms with Crippen LogP contribution in [0.5, 0.6) is 0 Å². The molecular weight excluding hydrogens is 294 g/mol. The summed E-state index contributed by atoms with van der Waals surface area (Å²) in [5, 5.41) is 3.81. The van der Waals surface area contributed by atoms with E-state index in [4.69, 9.17) is 0 Å². The molecule has 2 fully saturated rings. The SMILES string of the molecule is c1ccc([C@H]2CCN[C@@H]3CCCCN(Cc4ccccn4)[C@H]23)cc1. The van der Waals surface area contributed by atoms with Crippen LogP contribution in [0.2, 0.25) is 0 Å². The second-order valence-electron chi connectivity index (χ2n) is 7.14. The van der Waals surface area contributed by atoms with Crippen molar-refractivity contribution >= 4 is 0 Å². The Morgan fingerprint density at radius 3 is 2.71 bits per heavy atom. The quantitative estimate of drug-likeness (QED) is 0.936. The van der Waals surface area contributed by atoms with Crippen molar-refractivity contribution in [1.29, 1.82) is 0 Å². The van der Waals surface area contributed by atoms with Gasteiger partial charge in [0.25, 0.3) is 0 Å². The maximum Gasteiger partial charge on any atom is 0.0544 e. The van der Waals surface area contributed by atoms with E-state index in [-0.39, 0.29) is 0 Å². The van der Waals surface area contributed by atoms with E-state index in [1.807, 2.05) is 12.3 Å². The third-order valence-corrected chi connectivity index (χ3v) is 5.64. The van der Waals surface area contributed by atoms with Crippen molar-refractivity contribution < 1.29 is 0 Å². The summed E-state index contributed by atoms with van der Waals surface area (Å²) in [6.07, 6.45) is 7.06. The summed E-state index contributed by atoms with van der Waals surface area (Å²) in [6.45, 7) is 3.29. The average molecular weight is 321 g/mol. The van der Waals surface area contributed by atoms with E-state index in [0.29, 0.717) is 18.0 Å². The first-order chi connectivity index (χ1) is 11.9. The van der Waals surface area contributed by atoms with Crippen molar-refractivity contribution in [2.75, 3.05) is 13.1 Å². The van der Waals surface area contributed by atoms with E-state index in [1.54, 1.807) is 0 Å². The second-order valence-corrected chi connectivity index (χ2v) is 7.14. The normalized spacial score (nSPS) is 28.1. The molecule has 0 aliphatic carbocycles. The molecule has 3 heteroatoms. The summed E-state index contributed by atoms with van der Waals surface area (Å²) in [5.74, 6) is 0.624. The zero-order chi connectivity index (χ0) is 16.2. The first-order valence-electron chi connectivity index (χ1n) is 9.34. The van der Waals surface area contributed by atoms with Crippen molar-refractivity contribution in [3.05, 3.63) is 66.0 Å². The molecule has 24 heavy (non-hydrogen) atoms. The van der Waals surface area contributed by atoms with Crippen LogP contribution in [0.15, 0.2) is 54.7 Å². The fraction of sp³-hybridized carbons (Fsp3) is 0.476. The van der Waals surface area contributed by atoms with Crippen molar-refractivity contribution in [3.8, 4) is 0 Å². The highest BCUT2D eigenvalue weighted by Crippen LogP contribution is 2.35. The number of aromatic nitrogens is 1. The maximum atomic E-state index is 4.58. The van der Waals surface area contributed by atoms with Gasteiger partial charge in [0.1, 0.15) is 0 Å². The summed E-state index contributed by atoms with van der Waals surface area (Å²) < 4.78 is 0. The predicted molar refractivity (Wildman–Crippen MR) is 97.9 cm³/mol. The number of nitrogens with zero attached hydrogens (tertiary/aromatic N) is 2. The molecule has 2 aromatic rings. The molecule has 1 aromatic carbocycles. The van der Waals surface area contributed by atoms with Crippen LogP contribution in [0.25, 0.3) is 0 Å². The Labute approximate surface area is 145 Å². The van der Waals surface area contributed by atoms with Gasteiger partial charge in [-0.25, -0.2) is 0 Å². The van der Waals surface area contributed by atoms with Gasteiger partial charge >= 0.3 is 0 Å². The van der Waals surface area contributed by atoms with Crippen LogP contribution in [0.3, 0.4) is 0 Å². The molecule has 2 saturated heterocycles. The highest BCUT2D eigenvalue weighted by atomic mass is 15.2. The lowest BCUT2D eigenvalue weighted by atomic mass is 9.80. The Morgan fingerprint density at radius 1 is 1.00 bits per heavy atom. The molecule has 1 N–H and O–H groups in total. The number of pyridine rings is 1. The number of benzene rings is 1. The maximum absolute atomic E-state index is 4.58. The smallest absolute Gasteiger partial charge is 0.0544 e. The molecule has 0 bridgehead atoms. The number of rotatable bonds is 3. The van der Waals surface area contributed by atoms with Crippen molar-refractivity contribution in [1.82, 2.24) is 15.2 Å². The van der Waals surface area contributed by atoms with Gasteiger partial charge in [-0.15, -0.1) is 0 Å². The summed E-state index contributed by atoms with van der Waals surface area (Å²) in [6, 6.07) is 18.6. The van der Waals surface area contributed by atoms with Gasteiger partial charge < -0.3 is 5.32 Å². The third-order valence-electron chi connectivity index (χ3n) is 5.64. The molecule has 1 aromatic heterocycles. The van der Waals surface area contributed by atoms with Gasteiger partial charge in [-0.05, 0) is 50.0 Å². The molecule has 3 atom stereocenters. The van der Waals surface area contributed by atoms with Crippen LogP contribution >= 0.6 is 0 Å². The van der Waals surface area contributed by atoms with E-state index < -0.39 is 0 Å². The van der Waals surface area contributed by atoms with E-state index in [1.165, 1.54) is 43.5 Å². The van der Waals surface area contributed by atoms with E-state index in [9.17, 15) is 0 Å². The van der Waals surface area contributed by atoms with Crippen LogP contribution in [-0.2, 0) is 6.54 Å². The van der Waals surface area contributed by atoms with Crippen LogP contribution < -0.4 is 5.32 Å². The average Bonchev–Trinajstić information content (AvgIpc) is 2.86. The van der Waals surface area contributed by atoms with E-state index in [2.05, 4.69) is 57.7 Å². The molecule has 2 aliphatic heterocycles. The summed E-state index contributed by atoms with van der Waals surface area (Å²) in [5.41, 5.74) is 2.69. The largest absolute Gasteiger partial charge is 0.312 e. The number of fused-ring (bicyclic) bond motifs is 1. The van der Waals surface area contributed by atoms with Crippen molar-refractivity contribution in [2.24, 2.45) is 0 Å². The predicted octanol–water partition coefficient (Wildman–Crippen LogP) is 3.58. The zero-order valence-electron chi connectivity index (χ0n) is 14.3. The van der Waals surface area contributed by atoms with Crippen molar-refractivity contribution in [2.45, 2.75) is 50.2 Å². The van der Waals surface area contributed by atoms with Gasteiger partial charge in [0.15, 0.2) is 0 Å². The number of piperidine rings is 1. The van der Waals surface area contributed by atoms with Crippen LogP contribution in [0, 0.1) is 0 Å². The van der Waals surface area contributed by atoms with Crippen molar-refractivity contribution in [3.63, 3.8) is 0 Å². The van der Waals surface area contributed by atoms with Gasteiger partial charge in [-0.1, -0.05) is 42.8 Å². The molecular formula is C21H27N3. The Hall–Kier alpha value is -1.71. The summed E-state index contributed by atoms with van der Waals surface area (Å²) in [4.78, 5) is 7.28. The highest BCUT2D eigenvalue weighted by Gasteiger charge is 2.38. The Bertz CT molecular complexity index is 628. The van der Waals surface area contributed by atoms with E-state index >= 15 is 0 Å². The Kier molecular flexibility index (Phi) is 4.91. The third kappa shape index (κ3) is 3.38. The summed E-state index contributed by atoms with van der Waals surface area (Å²) >= 11 is 0. The van der Waals surface area contributed by atoms with Gasteiger partial charge in [-0.2, -0.15) is 0 Å². The van der Waals surface area contributed by atoms with E-state index in [0.717, 1.165) is 13.1 Å². The molecule has 0 amide bonds. The number of likely N-dealkylation sites (tertiary alicyclic amines) is 1. The van der Waals surface area contributed by atoms with Crippen LogP contribution in [0.4, 0.5) is 0 Å². The van der Waals surface area contributed by atoms with Gasteiger partial charge in [0, 0.05) is 30.7 Å². The second kappa shape index (κ2) is 7.45. The minimum absolute atomic E-state index is 0.575. The molecule has 0 radical (unpaired) electrons. The molecule has 0 saturated carbocycles. The number of hydrogen-bond acceptors (Lipinski definition) is 3. The van der Waals surface area contributed by atoms with Crippen LogP contribution in [-0.4, -0.2) is 35.1 Å². The monoisotopic (exact) mass is 321 g/mol. The molecule has 0 spiro atoms. The number of hydrogen-bond donors (Lipinski definition) is 1. The minimum Gasteiger partial charge on any atom is -0.312 e. The van der Waals surface area contributed by atoms with Gasteiger partial charge in [-0.3, -0.25) is 9.88 Å². The Morgan fingerprint density at radius 2 is 1.88 bits per heavy atom. The molecule has 3 nitrogen and oxygen atoms in total. The molecule has 0 unspecified atom stereocenters. The molecule has 3 heterocycles. The highest BCUT2D eigenvalue weighted by molar-refractivity contribution is 5.24. The zero-order valence-corrected chi connectivity index (χ0v) is 14.3. The Balaban J connectivity index is 1.63. The molecule has 2 aliphatic rings. The minimum atomic E-state index is 0.575. The molecule has 126 valence electrons. The fourth-order valence-electron chi connectivity index (χ4n) is 4.55. The summed E-state index contributed by atoms with van der Waals surface area (Å²) in [7, 11) is 0. The van der Waals surface area contributed by atoms with Gasteiger partial charge in [0.05, 0.1) is 5.69 Å². The molecule has 4 rings (SSSR count). The lowest BCUT2D eigenvalue weighted by molar-refractivity contribution is 0.111. The lowest BCUT2D eigenvalue weighted by Crippen LogP contribution is -2.55. The fourth-order valence-corrected chi connectivity index (χ4v) is 4.55.